The third-order valence-corrected chi connectivity index (χ3v) is 6.88. The molecule has 7 heteroatoms. The Morgan fingerprint density at radius 2 is 1.94 bits per heavy atom. The summed E-state index contributed by atoms with van der Waals surface area (Å²) >= 11 is 0. The highest BCUT2D eigenvalue weighted by atomic mass is 16.5. The van der Waals surface area contributed by atoms with Crippen LogP contribution in [0.3, 0.4) is 0 Å². The van der Waals surface area contributed by atoms with Crippen molar-refractivity contribution in [3.05, 3.63) is 78.1 Å². The highest BCUT2D eigenvalue weighted by molar-refractivity contribution is 5.82. The second-order valence-corrected chi connectivity index (χ2v) is 8.76. The Labute approximate surface area is 200 Å². The van der Waals surface area contributed by atoms with Crippen molar-refractivity contribution >= 4 is 17.3 Å². The number of carbonyl (C=O) groups excluding carboxylic acids is 1. The summed E-state index contributed by atoms with van der Waals surface area (Å²) in [5, 5.41) is 3.16. The minimum absolute atomic E-state index is 0.0344. The number of para-hydroxylation sites is 2. The van der Waals surface area contributed by atoms with Crippen molar-refractivity contribution in [1.82, 2.24) is 10.3 Å². The number of aromatic nitrogens is 1. The number of pyridine rings is 1. The Bertz CT molecular complexity index is 1150. The van der Waals surface area contributed by atoms with Crippen molar-refractivity contribution in [1.29, 1.82) is 0 Å². The minimum atomic E-state index is -0.171. The van der Waals surface area contributed by atoms with Crippen LogP contribution in [-0.4, -0.2) is 50.8 Å². The predicted molar refractivity (Wildman–Crippen MR) is 133 cm³/mol. The average molecular weight is 459 g/mol. The van der Waals surface area contributed by atoms with E-state index in [1.165, 1.54) is 11.3 Å². The summed E-state index contributed by atoms with van der Waals surface area (Å²) in [6.45, 7) is 2.87. The van der Waals surface area contributed by atoms with Gasteiger partial charge in [-0.25, -0.2) is 0 Å². The summed E-state index contributed by atoms with van der Waals surface area (Å²) in [6, 6.07) is 18.2. The topological polar surface area (TPSA) is 66.9 Å². The number of hydrogen-bond donors (Lipinski definition) is 1. The van der Waals surface area contributed by atoms with Gasteiger partial charge in [-0.3, -0.25) is 9.78 Å². The lowest BCUT2D eigenvalue weighted by Crippen LogP contribution is -2.61. The summed E-state index contributed by atoms with van der Waals surface area (Å²) in [6.07, 6.45) is 4.22. The number of anilines is 2. The predicted octanol–water partition coefficient (Wildman–Crippen LogP) is 3.28. The molecule has 1 saturated heterocycles. The van der Waals surface area contributed by atoms with Crippen molar-refractivity contribution in [3.63, 3.8) is 0 Å². The zero-order chi connectivity index (χ0) is 23.5. The molecular formula is C27H30N4O3. The number of nitrogens with zero attached hydrogens (tertiary/aromatic N) is 3. The number of ether oxygens (including phenoxy) is 2. The van der Waals surface area contributed by atoms with Gasteiger partial charge in [0, 0.05) is 50.3 Å². The van der Waals surface area contributed by atoms with E-state index in [4.69, 9.17) is 9.47 Å². The van der Waals surface area contributed by atoms with Gasteiger partial charge in [0.15, 0.2) is 0 Å². The first-order valence-electron chi connectivity index (χ1n) is 11.7. The zero-order valence-corrected chi connectivity index (χ0v) is 19.6. The molecule has 0 saturated carbocycles. The van der Waals surface area contributed by atoms with E-state index < -0.39 is 0 Å². The largest absolute Gasteiger partial charge is 0.497 e. The first-order chi connectivity index (χ1) is 16.7. The molecular weight excluding hydrogens is 428 g/mol. The quantitative estimate of drug-likeness (QED) is 0.612. The molecule has 2 aliphatic rings. The molecule has 1 aromatic heterocycles. The molecule has 0 spiro atoms. The Morgan fingerprint density at radius 1 is 1.06 bits per heavy atom. The molecule has 0 radical (unpaired) electrons. The summed E-state index contributed by atoms with van der Waals surface area (Å²) in [4.78, 5) is 22.4. The van der Waals surface area contributed by atoms with Crippen molar-refractivity contribution in [2.24, 2.45) is 5.92 Å². The van der Waals surface area contributed by atoms with Crippen molar-refractivity contribution in [2.45, 2.75) is 19.0 Å². The molecule has 0 aliphatic carbocycles. The molecule has 3 heterocycles. The fourth-order valence-electron chi connectivity index (χ4n) is 5.14. The fraction of sp³-hybridized carbons (Fsp3) is 0.333. The Morgan fingerprint density at radius 3 is 2.74 bits per heavy atom. The maximum Gasteiger partial charge on any atom is 0.225 e. The van der Waals surface area contributed by atoms with Crippen LogP contribution in [0.15, 0.2) is 67.0 Å². The number of benzene rings is 2. The number of piperazine rings is 1. The van der Waals surface area contributed by atoms with Gasteiger partial charge in [-0.05, 0) is 41.8 Å². The number of hydrogen-bond acceptors (Lipinski definition) is 6. The molecule has 2 atom stereocenters. The highest BCUT2D eigenvalue weighted by Gasteiger charge is 2.42. The first kappa shape index (κ1) is 22.1. The molecule has 0 bridgehead atoms. The third kappa shape index (κ3) is 4.25. The molecule has 5 rings (SSSR count). The Kier molecular flexibility index (Phi) is 6.25. The molecule has 1 fully saturated rings. The lowest BCUT2D eigenvalue weighted by Gasteiger charge is -2.49. The van der Waals surface area contributed by atoms with Crippen molar-refractivity contribution < 1.29 is 14.3 Å². The number of methoxy groups -OCH3 is 2. The maximum atomic E-state index is 13.5. The van der Waals surface area contributed by atoms with E-state index in [-0.39, 0.29) is 17.9 Å². The van der Waals surface area contributed by atoms with Crippen LogP contribution in [0, 0.1) is 5.92 Å². The Balaban J connectivity index is 1.44. The van der Waals surface area contributed by atoms with E-state index in [2.05, 4.69) is 38.3 Å². The van der Waals surface area contributed by atoms with Crippen LogP contribution >= 0.6 is 0 Å². The maximum absolute atomic E-state index is 13.5. The molecule has 1 amide bonds. The number of carbonyl (C=O) groups is 1. The van der Waals surface area contributed by atoms with Gasteiger partial charge < -0.3 is 24.6 Å². The van der Waals surface area contributed by atoms with Gasteiger partial charge in [0.25, 0.3) is 0 Å². The average Bonchev–Trinajstić information content (AvgIpc) is 2.91. The monoisotopic (exact) mass is 458 g/mol. The SMILES string of the molecule is COc1ccc2c(c1)N1CCN(c3ccccc3OC)C[C@H]1[C@H](C(=O)NCc1cccnc1)C2. The van der Waals surface area contributed by atoms with Gasteiger partial charge in [0.05, 0.1) is 31.9 Å². The van der Waals surface area contributed by atoms with Crippen LogP contribution in [0.4, 0.5) is 11.4 Å². The number of amides is 1. The second-order valence-electron chi connectivity index (χ2n) is 8.76. The molecule has 3 aromatic rings. The standard InChI is InChI=1S/C27H30N4O3/c1-33-21-10-9-20-14-22(27(32)29-17-19-6-5-11-28-16-19)25-18-30(12-13-31(25)24(20)15-21)23-7-3-4-8-26(23)34-2/h3-11,15-16,22,25H,12-14,17-18H2,1-2H3,(H,29,32)/t22-,25+/m1/s1. The first-order valence-corrected chi connectivity index (χ1v) is 11.7. The lowest BCUT2D eigenvalue weighted by molar-refractivity contribution is -0.126. The number of fused-ring (bicyclic) bond motifs is 3. The van der Waals surface area contributed by atoms with Gasteiger partial charge in [0.2, 0.25) is 5.91 Å². The van der Waals surface area contributed by atoms with E-state index in [1.807, 2.05) is 36.4 Å². The van der Waals surface area contributed by atoms with Crippen LogP contribution in [0.2, 0.25) is 0 Å². The van der Waals surface area contributed by atoms with Gasteiger partial charge in [-0.1, -0.05) is 24.3 Å². The van der Waals surface area contributed by atoms with Gasteiger partial charge in [0.1, 0.15) is 11.5 Å². The number of nitrogens with one attached hydrogen (secondary N) is 1. The van der Waals surface area contributed by atoms with E-state index in [9.17, 15) is 4.79 Å². The smallest absolute Gasteiger partial charge is 0.225 e. The zero-order valence-electron chi connectivity index (χ0n) is 19.6. The van der Waals surface area contributed by atoms with Crippen LogP contribution < -0.4 is 24.6 Å². The summed E-state index contributed by atoms with van der Waals surface area (Å²) < 4.78 is 11.1. The highest BCUT2D eigenvalue weighted by Crippen LogP contribution is 2.40. The summed E-state index contributed by atoms with van der Waals surface area (Å²) in [5.74, 6) is 1.59. The molecule has 1 N–H and O–H groups in total. The molecule has 7 nitrogen and oxygen atoms in total. The normalized spacial score (nSPS) is 19.1. The molecule has 2 aromatic carbocycles. The van der Waals surface area contributed by atoms with E-state index in [1.54, 1.807) is 26.6 Å². The second kappa shape index (κ2) is 9.63. The van der Waals surface area contributed by atoms with Crippen LogP contribution in [0.5, 0.6) is 11.5 Å². The van der Waals surface area contributed by atoms with E-state index >= 15 is 0 Å². The minimum Gasteiger partial charge on any atom is -0.497 e. The summed E-state index contributed by atoms with van der Waals surface area (Å²) in [7, 11) is 3.39. The molecule has 0 unspecified atom stereocenters. The lowest BCUT2D eigenvalue weighted by atomic mass is 9.83. The summed E-state index contributed by atoms with van der Waals surface area (Å²) in [5.41, 5.74) is 4.41. The fourth-order valence-corrected chi connectivity index (χ4v) is 5.14. The molecule has 2 aliphatic heterocycles. The van der Waals surface area contributed by atoms with Gasteiger partial charge >= 0.3 is 0 Å². The van der Waals surface area contributed by atoms with E-state index in [0.29, 0.717) is 13.0 Å². The molecule has 34 heavy (non-hydrogen) atoms. The third-order valence-electron chi connectivity index (χ3n) is 6.88. The van der Waals surface area contributed by atoms with Crippen LogP contribution in [0.25, 0.3) is 0 Å². The number of rotatable bonds is 6. The van der Waals surface area contributed by atoms with Crippen molar-refractivity contribution in [2.75, 3.05) is 43.7 Å². The van der Waals surface area contributed by atoms with Crippen LogP contribution in [-0.2, 0) is 17.8 Å². The van der Waals surface area contributed by atoms with Gasteiger partial charge in [-0.15, -0.1) is 0 Å². The molecule has 176 valence electrons. The van der Waals surface area contributed by atoms with Crippen LogP contribution in [0.1, 0.15) is 11.1 Å². The Hall–Kier alpha value is -3.74. The van der Waals surface area contributed by atoms with Crippen molar-refractivity contribution in [3.8, 4) is 11.5 Å². The van der Waals surface area contributed by atoms with Gasteiger partial charge in [-0.2, -0.15) is 0 Å². The van der Waals surface area contributed by atoms with E-state index in [0.717, 1.165) is 42.4 Å².